The van der Waals surface area contributed by atoms with Crippen molar-refractivity contribution in [2.75, 3.05) is 26.4 Å². The molecule has 0 aromatic heterocycles. The number of halogens is 3. The SMILES string of the molecule is CCOC1COCCC1NC1CC[C@@]2(C1)C(=O)N1CC=C(c3cccc(C(F)(F)F)c3)CC1C2C. The largest absolute Gasteiger partial charge is 0.416 e. The molecule has 1 aliphatic carbocycles. The summed E-state index contributed by atoms with van der Waals surface area (Å²) >= 11 is 0. The normalized spacial score (nSPS) is 35.5. The van der Waals surface area contributed by atoms with Crippen molar-refractivity contribution in [3.8, 4) is 0 Å². The van der Waals surface area contributed by atoms with Crippen molar-refractivity contribution < 1.29 is 27.4 Å². The van der Waals surface area contributed by atoms with Crippen LogP contribution in [-0.2, 0) is 20.4 Å². The minimum atomic E-state index is -4.37. The highest BCUT2D eigenvalue weighted by atomic mass is 19.4. The molecular formula is C27H35F3N2O3. The molecule has 1 aromatic rings. The number of hydrogen-bond donors (Lipinski definition) is 1. The maximum atomic E-state index is 13.7. The molecule has 1 amide bonds. The Bertz CT molecular complexity index is 979. The molecule has 1 spiro atoms. The van der Waals surface area contributed by atoms with Gasteiger partial charge in [0.15, 0.2) is 0 Å². The van der Waals surface area contributed by atoms with E-state index in [4.69, 9.17) is 9.47 Å². The van der Waals surface area contributed by atoms with Crippen LogP contribution >= 0.6 is 0 Å². The van der Waals surface area contributed by atoms with Crippen LogP contribution in [0.25, 0.3) is 5.57 Å². The summed E-state index contributed by atoms with van der Waals surface area (Å²) in [6, 6.07) is 6.06. The van der Waals surface area contributed by atoms with E-state index in [2.05, 4.69) is 12.2 Å². The minimum Gasteiger partial charge on any atom is -0.379 e. The molecule has 2 saturated heterocycles. The Hall–Kier alpha value is -1.90. The maximum absolute atomic E-state index is 13.7. The van der Waals surface area contributed by atoms with Gasteiger partial charge in [0.05, 0.1) is 23.7 Å². The number of nitrogens with zero attached hydrogens (tertiary/aromatic N) is 1. The predicted octanol–water partition coefficient (Wildman–Crippen LogP) is 4.66. The van der Waals surface area contributed by atoms with Gasteiger partial charge in [0, 0.05) is 37.9 Å². The van der Waals surface area contributed by atoms with Gasteiger partial charge in [0.2, 0.25) is 5.91 Å². The van der Waals surface area contributed by atoms with Crippen LogP contribution in [0.1, 0.15) is 57.1 Å². The summed E-state index contributed by atoms with van der Waals surface area (Å²) in [4.78, 5) is 15.7. The summed E-state index contributed by atoms with van der Waals surface area (Å²) in [6.07, 6.45) is 1.70. The van der Waals surface area contributed by atoms with E-state index in [0.29, 0.717) is 38.3 Å². The molecule has 6 atom stereocenters. The molecule has 0 bridgehead atoms. The zero-order valence-corrected chi connectivity index (χ0v) is 20.4. The lowest BCUT2D eigenvalue weighted by Crippen LogP contribution is -2.51. The summed E-state index contributed by atoms with van der Waals surface area (Å²) in [7, 11) is 0. The molecule has 3 aliphatic heterocycles. The fourth-order valence-electron chi connectivity index (χ4n) is 6.83. The van der Waals surface area contributed by atoms with Gasteiger partial charge in [0.25, 0.3) is 0 Å². The highest BCUT2D eigenvalue weighted by Gasteiger charge is 2.60. The van der Waals surface area contributed by atoms with Crippen molar-refractivity contribution in [2.24, 2.45) is 11.3 Å². The average Bonchev–Trinajstić information content (AvgIpc) is 3.36. The van der Waals surface area contributed by atoms with E-state index in [1.165, 1.54) is 12.1 Å². The van der Waals surface area contributed by atoms with Crippen molar-refractivity contribution in [3.05, 3.63) is 41.5 Å². The first kappa shape index (κ1) is 24.8. The molecule has 35 heavy (non-hydrogen) atoms. The quantitative estimate of drug-likeness (QED) is 0.650. The number of rotatable bonds is 5. The number of fused-ring (bicyclic) bond motifs is 1. The topological polar surface area (TPSA) is 50.8 Å². The number of benzene rings is 1. The van der Waals surface area contributed by atoms with Crippen LogP contribution in [0.15, 0.2) is 30.3 Å². The average molecular weight is 493 g/mol. The fraction of sp³-hybridized carbons (Fsp3) is 0.667. The number of carbonyl (C=O) groups excluding carboxylic acids is 1. The van der Waals surface area contributed by atoms with E-state index in [1.807, 2.05) is 17.9 Å². The van der Waals surface area contributed by atoms with Crippen LogP contribution in [-0.4, -0.2) is 61.4 Å². The molecule has 0 radical (unpaired) electrons. The lowest BCUT2D eigenvalue weighted by Gasteiger charge is -2.34. The standard InChI is InChI=1S/C27H35F3N2O3/c1-3-35-24-16-34-12-9-22(24)31-21-7-10-26(15-21)17(2)23-14-19(8-11-32(23)25(26)33)18-5-4-6-20(13-18)27(28,29)30/h4-6,8,13,17,21-24,31H,3,7,9-12,14-16H2,1-2H3/t17?,21?,22?,23?,24?,26-/m0/s1. The predicted molar refractivity (Wildman–Crippen MR) is 127 cm³/mol. The smallest absolute Gasteiger partial charge is 0.379 e. The third-order valence-electron chi connectivity index (χ3n) is 8.74. The molecule has 5 nitrogen and oxygen atoms in total. The zero-order valence-electron chi connectivity index (χ0n) is 20.4. The van der Waals surface area contributed by atoms with Gasteiger partial charge in [0.1, 0.15) is 0 Å². The third-order valence-corrected chi connectivity index (χ3v) is 8.74. The first-order chi connectivity index (χ1) is 16.7. The van der Waals surface area contributed by atoms with Crippen LogP contribution in [0.2, 0.25) is 0 Å². The zero-order chi connectivity index (χ0) is 24.8. The summed E-state index contributed by atoms with van der Waals surface area (Å²) in [5.74, 6) is 0.362. The van der Waals surface area contributed by atoms with Crippen LogP contribution in [0, 0.1) is 11.3 Å². The first-order valence-electron chi connectivity index (χ1n) is 12.9. The number of hydrogen-bond acceptors (Lipinski definition) is 4. The summed E-state index contributed by atoms with van der Waals surface area (Å²) < 4.78 is 51.2. The van der Waals surface area contributed by atoms with Gasteiger partial charge in [-0.25, -0.2) is 0 Å². The van der Waals surface area contributed by atoms with Crippen molar-refractivity contribution >= 4 is 11.5 Å². The molecule has 5 rings (SSSR count). The third kappa shape index (κ3) is 4.53. The number of nitrogens with one attached hydrogen (secondary N) is 1. The van der Waals surface area contributed by atoms with Crippen molar-refractivity contribution in [1.82, 2.24) is 10.2 Å². The highest BCUT2D eigenvalue weighted by molar-refractivity contribution is 5.88. The monoisotopic (exact) mass is 492 g/mol. The number of alkyl halides is 3. The Kier molecular flexibility index (Phi) is 6.74. The Morgan fingerprint density at radius 3 is 2.89 bits per heavy atom. The first-order valence-corrected chi connectivity index (χ1v) is 12.9. The van der Waals surface area contributed by atoms with Crippen molar-refractivity contribution in [2.45, 2.75) is 76.4 Å². The molecule has 1 aromatic carbocycles. The molecule has 5 unspecified atom stereocenters. The fourth-order valence-corrected chi connectivity index (χ4v) is 6.83. The number of amides is 1. The lowest BCUT2D eigenvalue weighted by atomic mass is 9.73. The Morgan fingerprint density at radius 2 is 2.11 bits per heavy atom. The van der Waals surface area contributed by atoms with Gasteiger partial charge in [-0.05, 0) is 68.2 Å². The van der Waals surface area contributed by atoms with Gasteiger partial charge in [-0.15, -0.1) is 0 Å². The second-order valence-electron chi connectivity index (χ2n) is 10.6. The van der Waals surface area contributed by atoms with Gasteiger partial charge in [-0.1, -0.05) is 25.1 Å². The van der Waals surface area contributed by atoms with Crippen molar-refractivity contribution in [3.63, 3.8) is 0 Å². The van der Waals surface area contributed by atoms with Crippen molar-refractivity contribution in [1.29, 1.82) is 0 Å². The van der Waals surface area contributed by atoms with Gasteiger partial charge in [-0.3, -0.25) is 4.79 Å². The summed E-state index contributed by atoms with van der Waals surface area (Å²) in [5, 5.41) is 3.79. The molecule has 1 saturated carbocycles. The molecule has 192 valence electrons. The van der Waals surface area contributed by atoms with E-state index in [-0.39, 0.29) is 36.1 Å². The Balaban J connectivity index is 1.29. The van der Waals surface area contributed by atoms with E-state index >= 15 is 0 Å². The second kappa shape index (κ2) is 9.52. The van der Waals surface area contributed by atoms with Crippen LogP contribution < -0.4 is 5.32 Å². The van der Waals surface area contributed by atoms with E-state index in [1.54, 1.807) is 6.07 Å². The molecule has 8 heteroatoms. The highest BCUT2D eigenvalue weighted by Crippen LogP contribution is 2.55. The molecule has 4 aliphatic rings. The molecule has 1 N–H and O–H groups in total. The van der Waals surface area contributed by atoms with Crippen LogP contribution in [0.5, 0.6) is 0 Å². The van der Waals surface area contributed by atoms with E-state index in [0.717, 1.165) is 37.3 Å². The summed E-state index contributed by atoms with van der Waals surface area (Å²) in [6.45, 7) is 6.58. The minimum absolute atomic E-state index is 0.0232. The summed E-state index contributed by atoms with van der Waals surface area (Å²) in [5.41, 5.74) is 0.482. The lowest BCUT2D eigenvalue weighted by molar-refractivity contribution is -0.138. The molecule has 3 heterocycles. The number of ether oxygens (including phenoxy) is 2. The molecule has 3 fully saturated rings. The van der Waals surface area contributed by atoms with Gasteiger partial charge < -0.3 is 19.7 Å². The van der Waals surface area contributed by atoms with E-state index < -0.39 is 17.2 Å². The van der Waals surface area contributed by atoms with Crippen LogP contribution in [0.3, 0.4) is 0 Å². The van der Waals surface area contributed by atoms with Crippen LogP contribution in [0.4, 0.5) is 13.2 Å². The Labute approximate surface area is 205 Å². The second-order valence-corrected chi connectivity index (χ2v) is 10.6. The number of carbonyl (C=O) groups is 1. The Morgan fingerprint density at radius 1 is 1.29 bits per heavy atom. The van der Waals surface area contributed by atoms with Gasteiger partial charge >= 0.3 is 6.18 Å². The van der Waals surface area contributed by atoms with E-state index in [9.17, 15) is 18.0 Å². The molecular weight excluding hydrogens is 457 g/mol. The van der Waals surface area contributed by atoms with Gasteiger partial charge in [-0.2, -0.15) is 13.2 Å². The maximum Gasteiger partial charge on any atom is 0.416 e.